The smallest absolute Gasteiger partial charge is 0.0559 e. The Labute approximate surface area is 57.4 Å². The van der Waals surface area contributed by atoms with Crippen LogP contribution in [-0.4, -0.2) is 19.3 Å². The molecule has 0 amide bonds. The zero-order valence-electron chi connectivity index (χ0n) is 6.39. The van der Waals surface area contributed by atoms with Gasteiger partial charge < -0.3 is 10.5 Å². The van der Waals surface area contributed by atoms with Gasteiger partial charge in [0.1, 0.15) is 0 Å². The van der Waals surface area contributed by atoms with Crippen LogP contribution in [0.2, 0.25) is 0 Å². The lowest BCUT2D eigenvalue weighted by atomic mass is 10.3. The van der Waals surface area contributed by atoms with E-state index in [1.54, 1.807) is 0 Å². The van der Waals surface area contributed by atoms with Crippen molar-refractivity contribution in [2.75, 3.05) is 13.2 Å². The molecule has 0 rings (SSSR count). The Morgan fingerprint density at radius 3 is 2.67 bits per heavy atom. The van der Waals surface area contributed by atoms with E-state index in [1.807, 2.05) is 0 Å². The number of nitrogens with two attached hydrogens (primary N) is 1. The zero-order chi connectivity index (χ0) is 7.11. The minimum atomic E-state index is 0.343. The van der Waals surface area contributed by atoms with Crippen LogP contribution in [0.3, 0.4) is 0 Å². The van der Waals surface area contributed by atoms with E-state index >= 15 is 0 Å². The zero-order valence-corrected chi connectivity index (χ0v) is 6.39. The van der Waals surface area contributed by atoms with Gasteiger partial charge in [-0.2, -0.15) is 0 Å². The second-order valence-corrected chi connectivity index (χ2v) is 2.26. The van der Waals surface area contributed by atoms with Crippen molar-refractivity contribution < 1.29 is 4.74 Å². The van der Waals surface area contributed by atoms with E-state index in [9.17, 15) is 0 Å². The lowest BCUT2D eigenvalue weighted by Crippen LogP contribution is -2.14. The molecule has 9 heavy (non-hydrogen) atoms. The minimum absolute atomic E-state index is 0.343. The van der Waals surface area contributed by atoms with Gasteiger partial charge in [0.25, 0.3) is 0 Å². The van der Waals surface area contributed by atoms with E-state index in [4.69, 9.17) is 10.5 Å². The van der Waals surface area contributed by atoms with Gasteiger partial charge in [0.2, 0.25) is 0 Å². The molecule has 0 fully saturated rings. The molecule has 0 bridgehead atoms. The summed E-state index contributed by atoms with van der Waals surface area (Å²) in [4.78, 5) is 0. The fourth-order valence-electron chi connectivity index (χ4n) is 0.637. The second-order valence-electron chi connectivity index (χ2n) is 2.26. The molecular formula is C7H17NO. The molecule has 0 saturated heterocycles. The van der Waals surface area contributed by atoms with Crippen molar-refractivity contribution >= 4 is 0 Å². The minimum Gasteiger partial charge on any atom is -0.378 e. The summed E-state index contributed by atoms with van der Waals surface area (Å²) in [6.45, 7) is 5.75. The highest BCUT2D eigenvalue weighted by atomic mass is 16.5. The molecule has 56 valence electrons. The van der Waals surface area contributed by atoms with Crippen LogP contribution < -0.4 is 5.73 Å². The van der Waals surface area contributed by atoms with Crippen LogP contribution in [0.15, 0.2) is 0 Å². The topological polar surface area (TPSA) is 35.2 Å². The molecule has 1 atom stereocenters. The molecule has 0 spiro atoms. The van der Waals surface area contributed by atoms with E-state index in [2.05, 4.69) is 13.8 Å². The second kappa shape index (κ2) is 6.05. The first kappa shape index (κ1) is 8.92. The SMILES string of the molecule is CCCO[C@@H](C)CCN. The molecule has 0 radical (unpaired) electrons. The van der Waals surface area contributed by atoms with E-state index in [0.717, 1.165) is 26.0 Å². The summed E-state index contributed by atoms with van der Waals surface area (Å²) in [6.07, 6.45) is 2.41. The maximum absolute atomic E-state index is 5.35. The van der Waals surface area contributed by atoms with Gasteiger partial charge in [0.15, 0.2) is 0 Å². The molecule has 2 N–H and O–H groups in total. The molecule has 0 saturated carbocycles. The summed E-state index contributed by atoms with van der Waals surface area (Å²) in [6, 6.07) is 0. The molecule has 0 aromatic rings. The van der Waals surface area contributed by atoms with E-state index in [-0.39, 0.29) is 0 Å². The largest absolute Gasteiger partial charge is 0.378 e. The average Bonchev–Trinajstić information content (AvgIpc) is 1.85. The van der Waals surface area contributed by atoms with Gasteiger partial charge in [0, 0.05) is 6.61 Å². The van der Waals surface area contributed by atoms with E-state index < -0.39 is 0 Å². The third-order valence-electron chi connectivity index (χ3n) is 1.18. The van der Waals surface area contributed by atoms with Crippen LogP contribution in [0.5, 0.6) is 0 Å². The summed E-state index contributed by atoms with van der Waals surface area (Å²) < 4.78 is 5.35. The molecule has 0 aliphatic heterocycles. The van der Waals surface area contributed by atoms with E-state index in [1.165, 1.54) is 0 Å². The van der Waals surface area contributed by atoms with Gasteiger partial charge in [-0.15, -0.1) is 0 Å². The lowest BCUT2D eigenvalue weighted by molar-refractivity contribution is 0.0625. The molecule has 2 nitrogen and oxygen atoms in total. The number of rotatable bonds is 5. The van der Waals surface area contributed by atoms with Gasteiger partial charge >= 0.3 is 0 Å². The molecule has 2 heteroatoms. The first-order valence-electron chi connectivity index (χ1n) is 3.63. The highest BCUT2D eigenvalue weighted by Crippen LogP contribution is 1.95. The quantitative estimate of drug-likeness (QED) is 0.607. The van der Waals surface area contributed by atoms with Crippen molar-refractivity contribution in [1.82, 2.24) is 0 Å². The maximum atomic E-state index is 5.35. The summed E-state index contributed by atoms with van der Waals surface area (Å²) >= 11 is 0. The molecule has 0 aromatic heterocycles. The third kappa shape index (κ3) is 5.80. The van der Waals surface area contributed by atoms with Crippen molar-refractivity contribution in [3.05, 3.63) is 0 Å². The fraction of sp³-hybridized carbons (Fsp3) is 1.00. The normalized spacial score (nSPS) is 13.7. The van der Waals surface area contributed by atoms with Gasteiger partial charge in [-0.1, -0.05) is 6.92 Å². The Balaban J connectivity index is 2.95. The van der Waals surface area contributed by atoms with Crippen LogP contribution in [0, 0.1) is 0 Å². The fourth-order valence-corrected chi connectivity index (χ4v) is 0.637. The lowest BCUT2D eigenvalue weighted by Gasteiger charge is -2.09. The number of hydrogen-bond acceptors (Lipinski definition) is 2. The third-order valence-corrected chi connectivity index (χ3v) is 1.18. The highest BCUT2D eigenvalue weighted by Gasteiger charge is 1.97. The predicted octanol–water partition coefficient (Wildman–Crippen LogP) is 1.15. The van der Waals surface area contributed by atoms with E-state index in [0.29, 0.717) is 6.10 Å². The van der Waals surface area contributed by atoms with Crippen molar-refractivity contribution in [2.45, 2.75) is 32.8 Å². The van der Waals surface area contributed by atoms with Crippen LogP contribution in [-0.2, 0) is 4.74 Å². The summed E-state index contributed by atoms with van der Waals surface area (Å²) in [7, 11) is 0. The van der Waals surface area contributed by atoms with Gasteiger partial charge in [-0.25, -0.2) is 0 Å². The maximum Gasteiger partial charge on any atom is 0.0559 e. The Kier molecular flexibility index (Phi) is 5.99. The monoisotopic (exact) mass is 131 g/mol. The first-order valence-corrected chi connectivity index (χ1v) is 3.63. The predicted molar refractivity (Wildman–Crippen MR) is 39.4 cm³/mol. The van der Waals surface area contributed by atoms with Gasteiger partial charge in [-0.05, 0) is 26.3 Å². The number of ether oxygens (including phenoxy) is 1. The van der Waals surface area contributed by atoms with Crippen LogP contribution >= 0.6 is 0 Å². The molecule has 0 aliphatic rings. The standard InChI is InChI=1S/C7H17NO/c1-3-6-9-7(2)4-5-8/h7H,3-6,8H2,1-2H3/t7-/m0/s1. The Morgan fingerprint density at radius 2 is 2.22 bits per heavy atom. The molecule has 0 heterocycles. The summed E-state index contributed by atoms with van der Waals surface area (Å²) in [5, 5.41) is 0. The molecule has 0 aromatic carbocycles. The van der Waals surface area contributed by atoms with Crippen molar-refractivity contribution in [1.29, 1.82) is 0 Å². The highest BCUT2D eigenvalue weighted by molar-refractivity contribution is 4.49. The van der Waals surface area contributed by atoms with Crippen LogP contribution in [0.1, 0.15) is 26.7 Å². The van der Waals surface area contributed by atoms with Crippen LogP contribution in [0.25, 0.3) is 0 Å². The Hall–Kier alpha value is -0.0800. The van der Waals surface area contributed by atoms with Crippen molar-refractivity contribution in [2.24, 2.45) is 5.73 Å². The molecular weight excluding hydrogens is 114 g/mol. The van der Waals surface area contributed by atoms with Gasteiger partial charge in [-0.3, -0.25) is 0 Å². The van der Waals surface area contributed by atoms with Gasteiger partial charge in [0.05, 0.1) is 6.10 Å². The van der Waals surface area contributed by atoms with Crippen LogP contribution in [0.4, 0.5) is 0 Å². The van der Waals surface area contributed by atoms with Crippen molar-refractivity contribution in [3.8, 4) is 0 Å². The van der Waals surface area contributed by atoms with Crippen molar-refractivity contribution in [3.63, 3.8) is 0 Å². The average molecular weight is 131 g/mol. The molecule has 0 unspecified atom stereocenters. The molecule has 0 aliphatic carbocycles. The summed E-state index contributed by atoms with van der Waals surface area (Å²) in [5.74, 6) is 0. The Bertz CT molecular complexity index is 56.9. The summed E-state index contributed by atoms with van der Waals surface area (Å²) in [5.41, 5.74) is 5.32. The number of hydrogen-bond donors (Lipinski definition) is 1. The Morgan fingerprint density at radius 1 is 1.56 bits per heavy atom. The first-order chi connectivity index (χ1) is 4.31.